The second kappa shape index (κ2) is 7.55. The molecule has 0 N–H and O–H groups in total. The third-order valence-corrected chi connectivity index (χ3v) is 5.17. The molecular weight excluding hydrogens is 380 g/mol. The standard InChI is InChI=1S/C18H17ClO6S/c1-26(21,22)16-6-3-2-5-13(16)18(20)25-11-12-9-14(19)17-15(10-12)23-7-4-8-24-17/h2-3,5-6,9-10H,4,7-8,11H2,1H3. The third-order valence-electron chi connectivity index (χ3n) is 3.74. The number of ether oxygens (including phenoxy) is 3. The van der Waals surface area contributed by atoms with E-state index >= 15 is 0 Å². The highest BCUT2D eigenvalue weighted by molar-refractivity contribution is 7.90. The van der Waals surface area contributed by atoms with Crippen LogP contribution < -0.4 is 9.47 Å². The summed E-state index contributed by atoms with van der Waals surface area (Å²) >= 11 is 6.21. The van der Waals surface area contributed by atoms with Crippen LogP contribution in [0.15, 0.2) is 41.3 Å². The number of carbonyl (C=O) groups excluding carboxylic acids is 1. The summed E-state index contributed by atoms with van der Waals surface area (Å²) in [5.74, 6) is 0.244. The predicted molar refractivity (Wildman–Crippen MR) is 95.7 cm³/mol. The van der Waals surface area contributed by atoms with Gasteiger partial charge in [0.05, 0.1) is 28.7 Å². The Morgan fingerprint density at radius 2 is 1.92 bits per heavy atom. The van der Waals surface area contributed by atoms with Gasteiger partial charge in [-0.05, 0) is 29.8 Å². The molecule has 0 saturated carbocycles. The largest absolute Gasteiger partial charge is 0.489 e. The maximum Gasteiger partial charge on any atom is 0.339 e. The highest BCUT2D eigenvalue weighted by atomic mass is 35.5. The quantitative estimate of drug-likeness (QED) is 0.738. The van der Waals surface area contributed by atoms with Crippen LogP contribution in [0.2, 0.25) is 5.02 Å². The average Bonchev–Trinajstić information content (AvgIpc) is 2.85. The van der Waals surface area contributed by atoms with E-state index in [1.807, 2.05) is 0 Å². The predicted octanol–water partition coefficient (Wildman–Crippen LogP) is 3.26. The Labute approximate surface area is 156 Å². The first-order chi connectivity index (χ1) is 12.4. The second-order valence-electron chi connectivity index (χ2n) is 5.80. The van der Waals surface area contributed by atoms with Crippen molar-refractivity contribution in [3.8, 4) is 11.5 Å². The van der Waals surface area contributed by atoms with Crippen molar-refractivity contribution in [3.05, 3.63) is 52.5 Å². The maximum absolute atomic E-state index is 12.3. The van der Waals surface area contributed by atoms with Crippen LogP contribution in [0, 0.1) is 0 Å². The fourth-order valence-electron chi connectivity index (χ4n) is 2.55. The molecule has 0 unspecified atom stereocenters. The van der Waals surface area contributed by atoms with Crippen LogP contribution in [0.5, 0.6) is 11.5 Å². The summed E-state index contributed by atoms with van der Waals surface area (Å²) in [6.45, 7) is 0.949. The Hall–Kier alpha value is -2.25. The Kier molecular flexibility index (Phi) is 5.38. The van der Waals surface area contributed by atoms with E-state index in [9.17, 15) is 13.2 Å². The summed E-state index contributed by atoms with van der Waals surface area (Å²) in [6, 6.07) is 9.25. The topological polar surface area (TPSA) is 78.9 Å². The molecular formula is C18H17ClO6S. The van der Waals surface area contributed by atoms with Gasteiger partial charge < -0.3 is 14.2 Å². The summed E-state index contributed by atoms with van der Waals surface area (Å²) in [5, 5.41) is 0.368. The van der Waals surface area contributed by atoms with Crippen molar-refractivity contribution < 1.29 is 27.4 Å². The van der Waals surface area contributed by atoms with Gasteiger partial charge in [-0.15, -0.1) is 0 Å². The Balaban J connectivity index is 1.79. The monoisotopic (exact) mass is 396 g/mol. The Morgan fingerprint density at radius 3 is 2.69 bits per heavy atom. The summed E-state index contributed by atoms with van der Waals surface area (Å²) < 4.78 is 40.0. The van der Waals surface area contributed by atoms with Crippen LogP contribution in [0.4, 0.5) is 0 Å². The summed E-state index contributed by atoms with van der Waals surface area (Å²) in [6.07, 6.45) is 1.79. The highest BCUT2D eigenvalue weighted by Gasteiger charge is 2.20. The van der Waals surface area contributed by atoms with E-state index in [1.165, 1.54) is 12.1 Å². The number of halogens is 1. The van der Waals surface area contributed by atoms with E-state index in [2.05, 4.69) is 0 Å². The Bertz CT molecular complexity index is 939. The van der Waals surface area contributed by atoms with Crippen molar-refractivity contribution in [3.63, 3.8) is 0 Å². The van der Waals surface area contributed by atoms with E-state index < -0.39 is 15.8 Å². The number of carbonyl (C=O) groups is 1. The zero-order valence-electron chi connectivity index (χ0n) is 14.0. The lowest BCUT2D eigenvalue weighted by Gasteiger charge is -2.12. The SMILES string of the molecule is CS(=O)(=O)c1ccccc1C(=O)OCc1cc(Cl)c2c(c1)OCCCO2. The van der Waals surface area contributed by atoms with Gasteiger partial charge in [0.15, 0.2) is 21.3 Å². The molecule has 1 heterocycles. The number of hydrogen-bond acceptors (Lipinski definition) is 6. The van der Waals surface area contributed by atoms with Gasteiger partial charge in [0, 0.05) is 12.7 Å². The molecule has 0 aliphatic carbocycles. The van der Waals surface area contributed by atoms with Gasteiger partial charge in [-0.25, -0.2) is 13.2 Å². The van der Waals surface area contributed by atoms with Crippen LogP contribution in [-0.2, 0) is 21.2 Å². The van der Waals surface area contributed by atoms with Gasteiger partial charge in [-0.3, -0.25) is 0 Å². The van der Waals surface area contributed by atoms with E-state index in [0.29, 0.717) is 35.3 Å². The van der Waals surface area contributed by atoms with Gasteiger partial charge in [0.1, 0.15) is 6.61 Å². The molecule has 0 bridgehead atoms. The molecule has 0 fully saturated rings. The van der Waals surface area contributed by atoms with Crippen molar-refractivity contribution in [1.82, 2.24) is 0 Å². The minimum absolute atomic E-state index is 0.00422. The minimum atomic E-state index is -3.54. The number of sulfone groups is 1. The lowest BCUT2D eigenvalue weighted by Crippen LogP contribution is -2.11. The van der Waals surface area contributed by atoms with Gasteiger partial charge in [-0.2, -0.15) is 0 Å². The second-order valence-corrected chi connectivity index (χ2v) is 8.19. The maximum atomic E-state index is 12.3. The van der Waals surface area contributed by atoms with Crippen molar-refractivity contribution in [2.24, 2.45) is 0 Å². The van der Waals surface area contributed by atoms with E-state index in [4.69, 9.17) is 25.8 Å². The van der Waals surface area contributed by atoms with Crippen LogP contribution in [0.1, 0.15) is 22.3 Å². The molecule has 2 aromatic carbocycles. The number of rotatable bonds is 4. The number of hydrogen-bond donors (Lipinski definition) is 0. The van der Waals surface area contributed by atoms with Crippen molar-refractivity contribution in [2.75, 3.05) is 19.5 Å². The van der Waals surface area contributed by atoms with Gasteiger partial charge in [-0.1, -0.05) is 23.7 Å². The minimum Gasteiger partial charge on any atom is -0.489 e. The molecule has 1 aliphatic heterocycles. The first-order valence-electron chi connectivity index (χ1n) is 7.90. The molecule has 0 radical (unpaired) electrons. The molecule has 3 rings (SSSR count). The first kappa shape index (κ1) is 18.5. The molecule has 0 aromatic heterocycles. The first-order valence-corrected chi connectivity index (χ1v) is 10.2. The summed E-state index contributed by atoms with van der Waals surface area (Å²) in [4.78, 5) is 12.3. The molecule has 0 amide bonds. The Morgan fingerprint density at radius 1 is 1.19 bits per heavy atom. The van der Waals surface area contributed by atoms with E-state index in [0.717, 1.165) is 12.7 Å². The normalized spacial score (nSPS) is 13.8. The zero-order chi connectivity index (χ0) is 18.7. The number of fused-ring (bicyclic) bond motifs is 1. The van der Waals surface area contributed by atoms with Crippen LogP contribution in [0.25, 0.3) is 0 Å². The summed E-state index contributed by atoms with van der Waals surface area (Å²) in [5.41, 5.74) is 0.611. The summed E-state index contributed by atoms with van der Waals surface area (Å²) in [7, 11) is -3.54. The molecule has 0 atom stereocenters. The molecule has 2 aromatic rings. The molecule has 138 valence electrons. The fraction of sp³-hybridized carbons (Fsp3) is 0.278. The van der Waals surface area contributed by atoms with Gasteiger partial charge >= 0.3 is 5.97 Å². The van der Waals surface area contributed by atoms with Crippen molar-refractivity contribution in [1.29, 1.82) is 0 Å². The van der Waals surface area contributed by atoms with Crippen LogP contribution in [0.3, 0.4) is 0 Å². The molecule has 26 heavy (non-hydrogen) atoms. The van der Waals surface area contributed by atoms with Crippen molar-refractivity contribution in [2.45, 2.75) is 17.9 Å². The average molecular weight is 397 g/mol. The van der Waals surface area contributed by atoms with Crippen molar-refractivity contribution >= 4 is 27.4 Å². The van der Waals surface area contributed by atoms with Crippen LogP contribution in [-0.4, -0.2) is 33.9 Å². The van der Waals surface area contributed by atoms with E-state index in [1.54, 1.807) is 24.3 Å². The number of esters is 1. The van der Waals surface area contributed by atoms with Crippen LogP contribution >= 0.6 is 11.6 Å². The van der Waals surface area contributed by atoms with E-state index in [-0.39, 0.29) is 17.1 Å². The molecule has 0 saturated heterocycles. The van der Waals surface area contributed by atoms with Gasteiger partial charge in [0.2, 0.25) is 0 Å². The fourth-order valence-corrected chi connectivity index (χ4v) is 3.72. The molecule has 0 spiro atoms. The lowest BCUT2D eigenvalue weighted by atomic mass is 10.2. The number of benzene rings is 2. The zero-order valence-corrected chi connectivity index (χ0v) is 15.6. The van der Waals surface area contributed by atoms with Gasteiger partial charge in [0.25, 0.3) is 0 Å². The highest BCUT2D eigenvalue weighted by Crippen LogP contribution is 2.38. The molecule has 8 heteroatoms. The third kappa shape index (κ3) is 4.11. The lowest BCUT2D eigenvalue weighted by molar-refractivity contribution is 0.0468. The molecule has 6 nitrogen and oxygen atoms in total. The smallest absolute Gasteiger partial charge is 0.339 e. The molecule has 1 aliphatic rings.